The maximum Gasteiger partial charge on any atom is 0.254 e. The van der Waals surface area contributed by atoms with Gasteiger partial charge in [0.05, 0.1) is 19.3 Å². The summed E-state index contributed by atoms with van der Waals surface area (Å²) in [6.07, 6.45) is 1.53. The molecule has 24 heavy (non-hydrogen) atoms. The van der Waals surface area contributed by atoms with Crippen LogP contribution in [0.4, 0.5) is 5.82 Å². The maximum atomic E-state index is 5.50. The summed E-state index contributed by atoms with van der Waals surface area (Å²) in [5.41, 5.74) is 2.27. The summed E-state index contributed by atoms with van der Waals surface area (Å²) in [5, 5.41) is 12.2. The van der Waals surface area contributed by atoms with E-state index in [-0.39, 0.29) is 0 Å². The molecule has 3 aromatic rings. The van der Waals surface area contributed by atoms with Crippen molar-refractivity contribution in [3.05, 3.63) is 40.5 Å². The first-order valence-electron chi connectivity index (χ1n) is 8.06. The largest absolute Gasteiger partial charge is 0.379 e. The van der Waals surface area contributed by atoms with Gasteiger partial charge in [0, 0.05) is 31.4 Å². The standard InChI is InChI=1S/C16H20N6OS/c1-12-8-15(22-16(20-12)18-11-19-22)17-9-14(13-2-7-24-10-13)21-3-5-23-6-4-21/h2,7-8,10-11,14,17H,3-6,9H2,1H3. The van der Waals surface area contributed by atoms with Gasteiger partial charge < -0.3 is 10.1 Å². The van der Waals surface area contributed by atoms with Crippen LogP contribution < -0.4 is 5.32 Å². The number of morpholine rings is 1. The number of nitrogens with one attached hydrogen (secondary N) is 1. The van der Waals surface area contributed by atoms with E-state index in [4.69, 9.17) is 4.74 Å². The molecule has 1 aliphatic heterocycles. The molecule has 1 aliphatic rings. The zero-order valence-electron chi connectivity index (χ0n) is 13.6. The molecule has 0 aliphatic carbocycles. The van der Waals surface area contributed by atoms with Crippen LogP contribution in [0.15, 0.2) is 29.2 Å². The highest BCUT2D eigenvalue weighted by Crippen LogP contribution is 2.25. The summed E-state index contributed by atoms with van der Waals surface area (Å²) in [4.78, 5) is 11.0. The monoisotopic (exact) mass is 344 g/mol. The van der Waals surface area contributed by atoms with Gasteiger partial charge in [-0.05, 0) is 29.3 Å². The molecule has 126 valence electrons. The molecule has 0 aromatic carbocycles. The molecule has 0 spiro atoms. The Morgan fingerprint density at radius 3 is 3.04 bits per heavy atom. The fourth-order valence-corrected chi connectivity index (χ4v) is 3.78. The number of anilines is 1. The van der Waals surface area contributed by atoms with Crippen molar-refractivity contribution < 1.29 is 4.74 Å². The summed E-state index contributed by atoms with van der Waals surface area (Å²) in [6, 6.07) is 4.52. The summed E-state index contributed by atoms with van der Waals surface area (Å²) in [5.74, 6) is 1.54. The summed E-state index contributed by atoms with van der Waals surface area (Å²) in [7, 11) is 0. The van der Waals surface area contributed by atoms with Crippen LogP contribution in [0.1, 0.15) is 17.3 Å². The van der Waals surface area contributed by atoms with Gasteiger partial charge in [-0.3, -0.25) is 4.90 Å². The third-order valence-electron chi connectivity index (χ3n) is 4.27. The second-order valence-electron chi connectivity index (χ2n) is 5.86. The molecule has 4 heterocycles. The molecule has 8 heteroatoms. The molecule has 0 saturated carbocycles. The van der Waals surface area contributed by atoms with Crippen LogP contribution >= 0.6 is 11.3 Å². The van der Waals surface area contributed by atoms with E-state index in [1.54, 1.807) is 15.9 Å². The minimum Gasteiger partial charge on any atom is -0.379 e. The van der Waals surface area contributed by atoms with E-state index in [0.29, 0.717) is 11.8 Å². The Bertz CT molecular complexity index is 796. The first-order valence-corrected chi connectivity index (χ1v) is 9.01. The Kier molecular flexibility index (Phi) is 4.42. The molecule has 0 radical (unpaired) electrons. The summed E-state index contributed by atoms with van der Waals surface area (Å²) >= 11 is 1.74. The lowest BCUT2D eigenvalue weighted by atomic mass is 10.1. The van der Waals surface area contributed by atoms with E-state index in [2.05, 4.69) is 42.1 Å². The Morgan fingerprint density at radius 1 is 1.38 bits per heavy atom. The van der Waals surface area contributed by atoms with Crippen LogP contribution in [0.3, 0.4) is 0 Å². The average Bonchev–Trinajstić information content (AvgIpc) is 3.27. The molecule has 1 atom stereocenters. The van der Waals surface area contributed by atoms with Crippen LogP contribution in [-0.2, 0) is 4.74 Å². The Labute approximate surface area is 144 Å². The second kappa shape index (κ2) is 6.84. The number of nitrogens with zero attached hydrogens (tertiary/aromatic N) is 5. The fraction of sp³-hybridized carbons (Fsp3) is 0.438. The van der Waals surface area contributed by atoms with Crippen LogP contribution in [-0.4, -0.2) is 57.3 Å². The van der Waals surface area contributed by atoms with Crippen LogP contribution in [0.5, 0.6) is 0 Å². The molecular weight excluding hydrogens is 324 g/mol. The molecule has 3 aromatic heterocycles. The molecule has 4 rings (SSSR count). The first-order chi connectivity index (χ1) is 11.8. The molecule has 7 nitrogen and oxygen atoms in total. The lowest BCUT2D eigenvalue weighted by Gasteiger charge is -2.34. The molecule has 0 bridgehead atoms. The highest BCUT2D eigenvalue weighted by Gasteiger charge is 2.23. The molecule has 0 amide bonds. The van der Waals surface area contributed by atoms with Crippen molar-refractivity contribution in [3.8, 4) is 0 Å². The predicted molar refractivity (Wildman–Crippen MR) is 93.5 cm³/mol. The third-order valence-corrected chi connectivity index (χ3v) is 4.97. The zero-order valence-corrected chi connectivity index (χ0v) is 14.4. The van der Waals surface area contributed by atoms with Gasteiger partial charge in [0.15, 0.2) is 0 Å². The Hall–Kier alpha value is -2.03. The number of rotatable bonds is 5. The molecule has 1 fully saturated rings. The average molecular weight is 344 g/mol. The van der Waals surface area contributed by atoms with Crippen LogP contribution in [0.2, 0.25) is 0 Å². The lowest BCUT2D eigenvalue weighted by molar-refractivity contribution is 0.0187. The van der Waals surface area contributed by atoms with Crippen LogP contribution in [0.25, 0.3) is 5.78 Å². The number of aromatic nitrogens is 4. The molecule has 1 unspecified atom stereocenters. The van der Waals surface area contributed by atoms with Gasteiger partial charge in [0.25, 0.3) is 5.78 Å². The van der Waals surface area contributed by atoms with E-state index >= 15 is 0 Å². The Balaban J connectivity index is 1.57. The van der Waals surface area contributed by atoms with Crippen LogP contribution in [0, 0.1) is 6.92 Å². The van der Waals surface area contributed by atoms with Crippen molar-refractivity contribution in [1.29, 1.82) is 0 Å². The number of thiophene rings is 1. The highest BCUT2D eigenvalue weighted by molar-refractivity contribution is 7.07. The number of aryl methyl sites for hydroxylation is 1. The topological polar surface area (TPSA) is 67.6 Å². The number of hydrogen-bond acceptors (Lipinski definition) is 7. The molecule has 1 saturated heterocycles. The van der Waals surface area contributed by atoms with Crippen molar-refractivity contribution in [3.63, 3.8) is 0 Å². The lowest BCUT2D eigenvalue weighted by Crippen LogP contribution is -2.41. The summed E-state index contributed by atoms with van der Waals surface area (Å²) < 4.78 is 7.25. The van der Waals surface area contributed by atoms with Gasteiger partial charge in [0.2, 0.25) is 0 Å². The van der Waals surface area contributed by atoms with Crippen molar-refractivity contribution in [2.45, 2.75) is 13.0 Å². The van der Waals surface area contributed by atoms with E-state index in [9.17, 15) is 0 Å². The Morgan fingerprint density at radius 2 is 2.25 bits per heavy atom. The zero-order chi connectivity index (χ0) is 16.4. The van der Waals surface area contributed by atoms with E-state index < -0.39 is 0 Å². The molecule has 1 N–H and O–H groups in total. The third kappa shape index (κ3) is 3.12. The quantitative estimate of drug-likeness (QED) is 0.763. The number of fused-ring (bicyclic) bond motifs is 1. The van der Waals surface area contributed by atoms with Gasteiger partial charge in [-0.15, -0.1) is 0 Å². The smallest absolute Gasteiger partial charge is 0.254 e. The van der Waals surface area contributed by atoms with E-state index in [0.717, 1.165) is 44.4 Å². The predicted octanol–water partition coefficient (Wildman–Crippen LogP) is 1.98. The SMILES string of the molecule is Cc1cc(NCC(c2ccsc2)N2CCOCC2)n2ncnc2n1. The van der Waals surface area contributed by atoms with Gasteiger partial charge in [-0.1, -0.05) is 0 Å². The maximum absolute atomic E-state index is 5.50. The highest BCUT2D eigenvalue weighted by atomic mass is 32.1. The normalized spacial score (nSPS) is 17.2. The van der Waals surface area contributed by atoms with E-state index in [1.807, 2.05) is 13.0 Å². The first kappa shape index (κ1) is 15.5. The second-order valence-corrected chi connectivity index (χ2v) is 6.64. The van der Waals surface area contributed by atoms with Gasteiger partial charge in [-0.25, -0.2) is 4.98 Å². The van der Waals surface area contributed by atoms with Crippen molar-refractivity contribution >= 4 is 22.9 Å². The number of hydrogen-bond donors (Lipinski definition) is 1. The minimum absolute atomic E-state index is 0.312. The van der Waals surface area contributed by atoms with Crippen molar-refractivity contribution in [2.24, 2.45) is 0 Å². The van der Waals surface area contributed by atoms with Crippen molar-refractivity contribution in [1.82, 2.24) is 24.5 Å². The van der Waals surface area contributed by atoms with Gasteiger partial charge in [0.1, 0.15) is 12.1 Å². The van der Waals surface area contributed by atoms with Gasteiger partial charge >= 0.3 is 0 Å². The van der Waals surface area contributed by atoms with Gasteiger partial charge in [-0.2, -0.15) is 25.9 Å². The van der Waals surface area contributed by atoms with Crippen molar-refractivity contribution in [2.75, 3.05) is 38.2 Å². The molecular formula is C16H20N6OS. The van der Waals surface area contributed by atoms with E-state index in [1.165, 1.54) is 11.9 Å². The number of ether oxygens (including phenoxy) is 1. The summed E-state index contributed by atoms with van der Waals surface area (Å²) in [6.45, 7) is 6.27. The fourth-order valence-electron chi connectivity index (χ4n) is 3.07. The minimum atomic E-state index is 0.312.